The maximum Gasteiger partial charge on any atom is 0.200 e. The Balaban J connectivity index is 3.03. The van der Waals surface area contributed by atoms with Crippen LogP contribution in [0.4, 0.5) is 0 Å². The van der Waals surface area contributed by atoms with E-state index in [1.54, 1.807) is 24.5 Å². The van der Waals surface area contributed by atoms with Gasteiger partial charge in [-0.3, -0.25) is 0 Å². The minimum absolute atomic E-state index is 0.701. The summed E-state index contributed by atoms with van der Waals surface area (Å²) in [6.07, 6.45) is 3.37. The van der Waals surface area contributed by atoms with E-state index in [2.05, 4.69) is 0 Å². The number of halogens is 1. The molecule has 0 amide bonds. The first-order valence-electron chi connectivity index (χ1n) is 2.21. The van der Waals surface area contributed by atoms with Crippen LogP contribution < -0.4 is 10.5 Å². The van der Waals surface area contributed by atoms with Crippen molar-refractivity contribution in [3.8, 4) is 0 Å². The molecule has 0 aromatic carbocycles. The maximum atomic E-state index is 5.54. The number of aromatic nitrogens is 1. The molecule has 0 aliphatic heterocycles. The van der Waals surface area contributed by atoms with Gasteiger partial charge in [-0.05, 0) is 0 Å². The molecule has 0 unspecified atom stereocenters. The average molecular weight is 130 g/mol. The second kappa shape index (κ2) is 2.01. The van der Waals surface area contributed by atoms with Gasteiger partial charge in [0.25, 0.3) is 0 Å². The van der Waals surface area contributed by atoms with Gasteiger partial charge < -0.3 is 0 Å². The van der Waals surface area contributed by atoms with E-state index in [0.29, 0.717) is 5.02 Å². The summed E-state index contributed by atoms with van der Waals surface area (Å²) in [7, 11) is 0. The molecule has 0 saturated heterocycles. The molecule has 1 rings (SSSR count). The quantitative estimate of drug-likeness (QED) is 0.398. The van der Waals surface area contributed by atoms with Gasteiger partial charge in [-0.1, -0.05) is 16.3 Å². The lowest BCUT2D eigenvalue weighted by Gasteiger charge is -1.82. The minimum atomic E-state index is 0.701. The van der Waals surface area contributed by atoms with Crippen molar-refractivity contribution < 1.29 is 4.68 Å². The fourth-order valence-electron chi connectivity index (χ4n) is 0.420. The lowest BCUT2D eigenvalue weighted by Crippen LogP contribution is -2.42. The molecule has 0 spiro atoms. The standard InChI is InChI=1S/C5H6ClN2/c6-5-1-3-8(7)4-2-5/h1-4H,7H2/q+1. The predicted octanol–water partition coefficient (Wildman–Crippen LogP) is 0.341. The first kappa shape index (κ1) is 5.38. The zero-order chi connectivity index (χ0) is 5.98. The lowest BCUT2D eigenvalue weighted by molar-refractivity contribution is -0.638. The number of nitrogens with zero attached hydrogens (tertiary/aromatic N) is 1. The van der Waals surface area contributed by atoms with Gasteiger partial charge in [0.1, 0.15) is 0 Å². The monoisotopic (exact) mass is 129 g/mol. The van der Waals surface area contributed by atoms with Crippen molar-refractivity contribution in [1.29, 1.82) is 0 Å². The smallest absolute Gasteiger partial charge is 0.200 e. The van der Waals surface area contributed by atoms with Crippen LogP contribution in [-0.4, -0.2) is 0 Å². The Labute approximate surface area is 52.5 Å². The van der Waals surface area contributed by atoms with E-state index in [0.717, 1.165) is 0 Å². The number of rotatable bonds is 0. The van der Waals surface area contributed by atoms with Gasteiger partial charge in [-0.25, -0.2) is 5.84 Å². The zero-order valence-electron chi connectivity index (χ0n) is 4.21. The van der Waals surface area contributed by atoms with E-state index in [1.807, 2.05) is 0 Å². The molecule has 0 bridgehead atoms. The van der Waals surface area contributed by atoms with Crippen molar-refractivity contribution in [2.24, 2.45) is 0 Å². The zero-order valence-corrected chi connectivity index (χ0v) is 4.97. The van der Waals surface area contributed by atoms with Crippen molar-refractivity contribution in [3.05, 3.63) is 29.5 Å². The van der Waals surface area contributed by atoms with Crippen LogP contribution >= 0.6 is 11.6 Å². The average Bonchev–Trinajstić information content (AvgIpc) is 1.77. The van der Waals surface area contributed by atoms with Gasteiger partial charge in [0.15, 0.2) is 0 Å². The van der Waals surface area contributed by atoms with Gasteiger partial charge >= 0.3 is 0 Å². The minimum Gasteiger partial charge on any atom is -0.205 e. The second-order valence-corrected chi connectivity index (χ2v) is 1.90. The molecular weight excluding hydrogens is 124 g/mol. The van der Waals surface area contributed by atoms with Crippen LogP contribution in [0.2, 0.25) is 5.02 Å². The highest BCUT2D eigenvalue weighted by molar-refractivity contribution is 6.30. The summed E-state index contributed by atoms with van der Waals surface area (Å²) in [4.78, 5) is 0. The second-order valence-electron chi connectivity index (χ2n) is 1.46. The maximum absolute atomic E-state index is 5.54. The van der Waals surface area contributed by atoms with Crippen molar-refractivity contribution in [2.75, 3.05) is 5.84 Å². The number of hydrogen-bond acceptors (Lipinski definition) is 1. The molecule has 2 nitrogen and oxygen atoms in total. The van der Waals surface area contributed by atoms with Crippen molar-refractivity contribution in [1.82, 2.24) is 0 Å². The Morgan fingerprint density at radius 2 is 1.88 bits per heavy atom. The summed E-state index contributed by atoms with van der Waals surface area (Å²) in [6.45, 7) is 0. The molecule has 1 aromatic heterocycles. The Kier molecular flexibility index (Phi) is 1.35. The van der Waals surface area contributed by atoms with Crippen molar-refractivity contribution in [2.45, 2.75) is 0 Å². The number of pyridine rings is 1. The highest BCUT2D eigenvalue weighted by Crippen LogP contribution is 2.00. The first-order valence-corrected chi connectivity index (χ1v) is 2.59. The van der Waals surface area contributed by atoms with Crippen LogP contribution in [0.3, 0.4) is 0 Å². The summed E-state index contributed by atoms with van der Waals surface area (Å²) in [5.74, 6) is 5.28. The Morgan fingerprint density at radius 3 is 2.25 bits per heavy atom. The van der Waals surface area contributed by atoms with Crippen LogP contribution in [0.5, 0.6) is 0 Å². The van der Waals surface area contributed by atoms with Gasteiger partial charge in [-0.2, -0.15) is 0 Å². The highest BCUT2D eigenvalue weighted by atomic mass is 35.5. The molecule has 1 heterocycles. The molecule has 1 aromatic rings. The molecule has 0 aliphatic rings. The highest BCUT2D eigenvalue weighted by Gasteiger charge is 1.88. The fourth-order valence-corrected chi connectivity index (χ4v) is 0.532. The van der Waals surface area contributed by atoms with E-state index in [9.17, 15) is 0 Å². The van der Waals surface area contributed by atoms with Crippen LogP contribution in [0.1, 0.15) is 0 Å². The number of nitrogens with two attached hydrogens (primary N) is 1. The molecule has 8 heavy (non-hydrogen) atoms. The Bertz CT molecular complexity index is 149. The van der Waals surface area contributed by atoms with Gasteiger partial charge in [0.05, 0.1) is 5.02 Å². The molecule has 2 N–H and O–H groups in total. The van der Waals surface area contributed by atoms with E-state index >= 15 is 0 Å². The normalized spacial score (nSPS) is 9.12. The van der Waals surface area contributed by atoms with E-state index in [-0.39, 0.29) is 0 Å². The van der Waals surface area contributed by atoms with E-state index in [1.165, 1.54) is 4.68 Å². The molecule has 0 fully saturated rings. The summed E-state index contributed by atoms with van der Waals surface area (Å²) >= 11 is 5.54. The summed E-state index contributed by atoms with van der Waals surface area (Å²) in [5.41, 5.74) is 0. The molecular formula is C5H6ClN2+. The third kappa shape index (κ3) is 1.10. The molecule has 0 radical (unpaired) electrons. The van der Waals surface area contributed by atoms with Crippen molar-refractivity contribution in [3.63, 3.8) is 0 Å². The molecule has 0 saturated carbocycles. The van der Waals surface area contributed by atoms with Crippen LogP contribution in [-0.2, 0) is 0 Å². The third-order valence-electron chi connectivity index (χ3n) is 0.812. The Morgan fingerprint density at radius 1 is 1.38 bits per heavy atom. The van der Waals surface area contributed by atoms with Gasteiger partial charge in [0, 0.05) is 12.1 Å². The third-order valence-corrected chi connectivity index (χ3v) is 1.06. The van der Waals surface area contributed by atoms with E-state index in [4.69, 9.17) is 17.4 Å². The van der Waals surface area contributed by atoms with Crippen LogP contribution in [0, 0.1) is 0 Å². The SMILES string of the molecule is N[n+]1ccc(Cl)cc1. The summed E-state index contributed by atoms with van der Waals surface area (Å²) in [6, 6.07) is 3.45. The van der Waals surface area contributed by atoms with Crippen molar-refractivity contribution >= 4 is 11.6 Å². The van der Waals surface area contributed by atoms with Crippen LogP contribution in [0.25, 0.3) is 0 Å². The van der Waals surface area contributed by atoms with Gasteiger partial charge in [-0.15, -0.1) is 0 Å². The van der Waals surface area contributed by atoms with Crippen LogP contribution in [0.15, 0.2) is 24.5 Å². The summed E-state index contributed by atoms with van der Waals surface area (Å²) < 4.78 is 1.44. The first-order chi connectivity index (χ1) is 3.79. The molecule has 3 heteroatoms. The number of hydrogen-bond donors (Lipinski definition) is 1. The topological polar surface area (TPSA) is 29.9 Å². The largest absolute Gasteiger partial charge is 0.205 e. The molecule has 42 valence electrons. The van der Waals surface area contributed by atoms with Gasteiger partial charge in [0.2, 0.25) is 12.4 Å². The lowest BCUT2D eigenvalue weighted by atomic mass is 10.5. The summed E-state index contributed by atoms with van der Waals surface area (Å²) in [5, 5.41) is 0.701. The fraction of sp³-hybridized carbons (Fsp3) is 0. The number of nitrogen functional groups attached to an aromatic ring is 1. The molecule has 0 atom stereocenters. The Hall–Kier alpha value is -0.760. The predicted molar refractivity (Wildman–Crippen MR) is 31.8 cm³/mol. The van der Waals surface area contributed by atoms with E-state index < -0.39 is 0 Å². The molecule has 0 aliphatic carbocycles.